The van der Waals surface area contributed by atoms with Crippen molar-refractivity contribution in [1.29, 1.82) is 0 Å². The zero-order valence-electron chi connectivity index (χ0n) is 17.6. The van der Waals surface area contributed by atoms with Crippen molar-refractivity contribution in [2.75, 3.05) is 3.11 Å². The molecule has 1 nitrogen and oxygen atoms in total. The van der Waals surface area contributed by atoms with Gasteiger partial charge in [-0.3, -0.25) is 3.11 Å². The van der Waals surface area contributed by atoms with E-state index in [2.05, 4.69) is 137 Å². The summed E-state index contributed by atoms with van der Waals surface area (Å²) < 4.78 is 2.31. The van der Waals surface area contributed by atoms with Gasteiger partial charge >= 0.3 is 0 Å². The van der Waals surface area contributed by atoms with Gasteiger partial charge in [0.2, 0.25) is 0 Å². The molecule has 0 heterocycles. The molecule has 0 saturated carbocycles. The Morgan fingerprint density at radius 1 is 0.613 bits per heavy atom. The molecule has 0 amide bonds. The molecular formula is C29H22IN. The summed E-state index contributed by atoms with van der Waals surface area (Å²) in [5.41, 5.74) is 7.98. The van der Waals surface area contributed by atoms with Gasteiger partial charge in [0.1, 0.15) is 0 Å². The zero-order valence-corrected chi connectivity index (χ0v) is 19.7. The van der Waals surface area contributed by atoms with Gasteiger partial charge in [-0.25, -0.2) is 0 Å². The largest absolute Gasteiger partial charge is 0.282 e. The molecule has 0 bridgehead atoms. The third-order valence-corrected chi connectivity index (χ3v) is 7.83. The lowest BCUT2D eigenvalue weighted by molar-refractivity contribution is 0.660. The van der Waals surface area contributed by atoms with E-state index in [1.165, 1.54) is 55.2 Å². The first-order valence-electron chi connectivity index (χ1n) is 10.7. The third-order valence-electron chi connectivity index (χ3n) is 6.75. The van der Waals surface area contributed by atoms with Crippen LogP contribution in [0.4, 0.5) is 11.4 Å². The van der Waals surface area contributed by atoms with Crippen LogP contribution in [0.3, 0.4) is 0 Å². The number of benzene rings is 5. The summed E-state index contributed by atoms with van der Waals surface area (Å²) in [4.78, 5) is 0. The molecule has 0 radical (unpaired) electrons. The predicted octanol–water partition coefficient (Wildman–Crippen LogP) is 8.79. The van der Waals surface area contributed by atoms with E-state index >= 15 is 0 Å². The van der Waals surface area contributed by atoms with Crippen molar-refractivity contribution < 1.29 is 0 Å². The summed E-state index contributed by atoms with van der Waals surface area (Å²) in [6.45, 7) is 4.68. The van der Waals surface area contributed by atoms with Crippen LogP contribution >= 0.6 is 22.9 Å². The summed E-state index contributed by atoms with van der Waals surface area (Å²) in [5.74, 6) is 0. The molecule has 0 fully saturated rings. The van der Waals surface area contributed by atoms with E-state index in [0.717, 1.165) is 0 Å². The maximum atomic E-state index is 2.46. The lowest BCUT2D eigenvalue weighted by Crippen LogP contribution is -2.15. The molecular weight excluding hydrogens is 489 g/mol. The van der Waals surface area contributed by atoms with Crippen molar-refractivity contribution >= 4 is 55.8 Å². The minimum absolute atomic E-state index is 0.00483. The number of halogens is 1. The highest BCUT2D eigenvalue weighted by Crippen LogP contribution is 2.50. The van der Waals surface area contributed by atoms with E-state index in [1.807, 2.05) is 0 Å². The van der Waals surface area contributed by atoms with Gasteiger partial charge in [0.25, 0.3) is 0 Å². The molecule has 31 heavy (non-hydrogen) atoms. The Kier molecular flexibility index (Phi) is 4.16. The van der Waals surface area contributed by atoms with Gasteiger partial charge in [0.15, 0.2) is 0 Å². The highest BCUT2D eigenvalue weighted by atomic mass is 127. The maximum Gasteiger partial charge on any atom is 0.0646 e. The Hall–Kier alpha value is -2.85. The van der Waals surface area contributed by atoms with Gasteiger partial charge in [0, 0.05) is 10.8 Å². The van der Waals surface area contributed by atoms with E-state index < -0.39 is 0 Å². The van der Waals surface area contributed by atoms with Gasteiger partial charge in [-0.1, -0.05) is 92.7 Å². The molecule has 0 aliphatic heterocycles. The molecule has 6 rings (SSSR count). The molecule has 0 aromatic heterocycles. The molecule has 0 unspecified atom stereocenters. The van der Waals surface area contributed by atoms with Crippen LogP contribution in [-0.2, 0) is 5.41 Å². The number of rotatable bonds is 2. The summed E-state index contributed by atoms with van der Waals surface area (Å²) in [6, 6.07) is 35.5. The van der Waals surface area contributed by atoms with Crippen molar-refractivity contribution in [3.05, 3.63) is 108 Å². The second-order valence-electron chi connectivity index (χ2n) is 8.84. The second kappa shape index (κ2) is 6.83. The van der Waals surface area contributed by atoms with Crippen molar-refractivity contribution in [3.8, 4) is 11.1 Å². The van der Waals surface area contributed by atoms with Crippen molar-refractivity contribution in [1.82, 2.24) is 0 Å². The lowest BCUT2D eigenvalue weighted by atomic mass is 9.82. The van der Waals surface area contributed by atoms with Crippen molar-refractivity contribution in [2.24, 2.45) is 0 Å². The van der Waals surface area contributed by atoms with Crippen LogP contribution in [0.5, 0.6) is 0 Å². The molecule has 0 N–H and O–H groups in total. The van der Waals surface area contributed by atoms with E-state index in [4.69, 9.17) is 0 Å². The van der Waals surface area contributed by atoms with Crippen LogP contribution in [0.1, 0.15) is 25.0 Å². The first-order valence-corrected chi connectivity index (χ1v) is 11.6. The van der Waals surface area contributed by atoms with Crippen molar-refractivity contribution in [2.45, 2.75) is 19.3 Å². The minimum atomic E-state index is 0.00483. The zero-order chi connectivity index (χ0) is 21.2. The Morgan fingerprint density at radius 3 is 2.10 bits per heavy atom. The van der Waals surface area contributed by atoms with Crippen LogP contribution in [-0.4, -0.2) is 0 Å². The van der Waals surface area contributed by atoms with E-state index in [1.54, 1.807) is 0 Å². The molecule has 5 aromatic rings. The summed E-state index contributed by atoms with van der Waals surface area (Å²) >= 11 is 2.46. The van der Waals surface area contributed by atoms with Gasteiger partial charge in [-0.15, -0.1) is 0 Å². The standard InChI is InChI=1S/C29H22IN/c1-29(2)26-14-8-7-12-23(26)24-16-15-20(18-27(24)29)31(30)28-17-19-9-3-4-10-21(19)22-11-5-6-13-25(22)28/h3-18H,1-2H3. The first kappa shape index (κ1) is 18.9. The maximum absolute atomic E-state index is 2.46. The van der Waals surface area contributed by atoms with E-state index in [0.29, 0.717) is 0 Å². The fourth-order valence-electron chi connectivity index (χ4n) is 5.15. The Labute approximate surface area is 196 Å². The third kappa shape index (κ3) is 2.74. The van der Waals surface area contributed by atoms with Crippen LogP contribution in [0.2, 0.25) is 0 Å². The minimum Gasteiger partial charge on any atom is -0.282 e. The molecule has 0 spiro atoms. The summed E-state index contributed by atoms with van der Waals surface area (Å²) in [7, 11) is 0. The average Bonchev–Trinajstić information content (AvgIpc) is 3.05. The second-order valence-corrected chi connectivity index (χ2v) is 9.81. The summed E-state index contributed by atoms with van der Waals surface area (Å²) in [5, 5.41) is 5.15. The van der Waals surface area contributed by atoms with Crippen LogP contribution < -0.4 is 3.11 Å². The molecule has 1 aliphatic carbocycles. The molecule has 1 aliphatic rings. The Morgan fingerprint density at radius 2 is 1.26 bits per heavy atom. The molecule has 150 valence electrons. The van der Waals surface area contributed by atoms with Crippen LogP contribution in [0.15, 0.2) is 97.1 Å². The molecule has 5 aromatic carbocycles. The van der Waals surface area contributed by atoms with Gasteiger partial charge < -0.3 is 0 Å². The number of nitrogens with zero attached hydrogens (tertiary/aromatic N) is 1. The van der Waals surface area contributed by atoms with Gasteiger partial charge in [-0.05, 0) is 56.6 Å². The monoisotopic (exact) mass is 511 g/mol. The topological polar surface area (TPSA) is 3.24 Å². The van der Waals surface area contributed by atoms with Gasteiger partial charge in [0.05, 0.1) is 34.2 Å². The van der Waals surface area contributed by atoms with Crippen LogP contribution in [0, 0.1) is 0 Å². The fourth-order valence-corrected chi connectivity index (χ4v) is 5.85. The Bertz CT molecular complexity index is 1480. The first-order chi connectivity index (χ1) is 15.1. The number of hydrogen-bond donors (Lipinski definition) is 0. The normalized spacial score (nSPS) is 13.9. The molecule has 2 heteroatoms. The SMILES string of the molecule is CC1(C)c2ccccc2-c2ccc(N(I)c3cc4ccccc4c4ccccc34)cc21. The fraction of sp³-hybridized carbons (Fsp3) is 0.103. The lowest BCUT2D eigenvalue weighted by Gasteiger charge is -2.25. The van der Waals surface area contributed by atoms with Crippen molar-refractivity contribution in [3.63, 3.8) is 0 Å². The Balaban J connectivity index is 1.54. The highest BCUT2D eigenvalue weighted by molar-refractivity contribution is 14.1. The van der Waals surface area contributed by atoms with Crippen LogP contribution in [0.25, 0.3) is 32.7 Å². The number of fused-ring (bicyclic) bond motifs is 6. The predicted molar refractivity (Wildman–Crippen MR) is 142 cm³/mol. The number of hydrogen-bond acceptors (Lipinski definition) is 1. The summed E-state index contributed by atoms with van der Waals surface area (Å²) in [6.07, 6.45) is 0. The van der Waals surface area contributed by atoms with E-state index in [-0.39, 0.29) is 5.41 Å². The molecule has 0 saturated heterocycles. The highest BCUT2D eigenvalue weighted by Gasteiger charge is 2.35. The smallest absolute Gasteiger partial charge is 0.0646 e. The quantitative estimate of drug-likeness (QED) is 0.130. The van der Waals surface area contributed by atoms with E-state index in [9.17, 15) is 0 Å². The number of anilines is 2. The van der Waals surface area contributed by atoms with Gasteiger partial charge in [-0.2, -0.15) is 0 Å². The molecule has 0 atom stereocenters. The average molecular weight is 511 g/mol.